The standard InChI is InChI=1S/C44H33NO/c1-44(2)38-23-12-11-21-36(38)41-42(44)35-20-10-9-19-34(35)40-37-22-13-18-33(28-39(37)46-43(40)41)45(31-16-7-4-8-17-31)32-26-24-30(25-27-32)29-14-5-3-6-15-29/h3-17,19-28H,18H2,1-2H3. The number of para-hydroxylation sites is 1. The number of hydrogen-bond acceptors (Lipinski definition) is 2. The van der Waals surface area contributed by atoms with E-state index < -0.39 is 0 Å². The number of benzene rings is 6. The molecule has 2 aliphatic carbocycles. The summed E-state index contributed by atoms with van der Waals surface area (Å²) in [5.74, 6) is 0.904. The van der Waals surface area contributed by atoms with E-state index in [0.29, 0.717) is 0 Å². The maximum Gasteiger partial charge on any atom is 0.144 e. The van der Waals surface area contributed by atoms with Crippen molar-refractivity contribution >= 4 is 45.3 Å². The van der Waals surface area contributed by atoms with Crippen LogP contribution < -0.4 is 4.90 Å². The Balaban J connectivity index is 1.26. The van der Waals surface area contributed by atoms with Crippen LogP contribution in [0.3, 0.4) is 0 Å². The molecule has 0 bridgehead atoms. The molecule has 2 aliphatic rings. The molecule has 220 valence electrons. The van der Waals surface area contributed by atoms with Gasteiger partial charge in [-0.2, -0.15) is 0 Å². The zero-order chi connectivity index (χ0) is 30.8. The van der Waals surface area contributed by atoms with Crippen molar-refractivity contribution in [3.8, 4) is 22.3 Å². The summed E-state index contributed by atoms with van der Waals surface area (Å²) in [7, 11) is 0. The van der Waals surface area contributed by atoms with Crippen molar-refractivity contribution in [3.05, 3.63) is 168 Å². The first-order valence-electron chi connectivity index (χ1n) is 16.1. The van der Waals surface area contributed by atoms with Crippen molar-refractivity contribution in [2.75, 3.05) is 4.90 Å². The second-order valence-corrected chi connectivity index (χ2v) is 12.9. The normalized spacial score (nSPS) is 14.4. The number of nitrogens with zero attached hydrogens (tertiary/aromatic N) is 1. The fourth-order valence-corrected chi connectivity index (χ4v) is 7.79. The number of rotatable bonds is 4. The highest BCUT2D eigenvalue weighted by Gasteiger charge is 2.40. The predicted molar refractivity (Wildman–Crippen MR) is 193 cm³/mol. The summed E-state index contributed by atoms with van der Waals surface area (Å²) in [5, 5.41) is 3.75. The monoisotopic (exact) mass is 591 g/mol. The van der Waals surface area contributed by atoms with Gasteiger partial charge in [0.15, 0.2) is 0 Å². The molecule has 0 spiro atoms. The van der Waals surface area contributed by atoms with Gasteiger partial charge in [0.05, 0.1) is 0 Å². The molecule has 0 aliphatic heterocycles. The first-order chi connectivity index (χ1) is 22.6. The molecule has 0 atom stereocenters. The summed E-state index contributed by atoms with van der Waals surface area (Å²) in [4.78, 5) is 2.36. The van der Waals surface area contributed by atoms with Crippen molar-refractivity contribution < 1.29 is 4.42 Å². The number of anilines is 2. The van der Waals surface area contributed by atoms with E-state index >= 15 is 0 Å². The molecule has 0 saturated heterocycles. The minimum atomic E-state index is -0.128. The van der Waals surface area contributed by atoms with Gasteiger partial charge in [-0.05, 0) is 62.9 Å². The average Bonchev–Trinajstić information content (AvgIpc) is 3.48. The summed E-state index contributed by atoms with van der Waals surface area (Å²) in [6, 6.07) is 47.8. The Morgan fingerprint density at radius 1 is 0.630 bits per heavy atom. The first kappa shape index (κ1) is 26.8. The Labute approximate surface area is 269 Å². The Morgan fingerprint density at radius 3 is 2.04 bits per heavy atom. The van der Waals surface area contributed by atoms with Gasteiger partial charge in [0.1, 0.15) is 11.3 Å². The Morgan fingerprint density at radius 2 is 1.26 bits per heavy atom. The predicted octanol–water partition coefficient (Wildman–Crippen LogP) is 12.2. The fraction of sp³-hybridized carbons (Fsp3) is 0.0909. The van der Waals surface area contributed by atoms with Crippen molar-refractivity contribution in [3.63, 3.8) is 0 Å². The average molecular weight is 592 g/mol. The molecule has 0 N–H and O–H groups in total. The molecule has 1 aromatic heterocycles. The van der Waals surface area contributed by atoms with Crippen LogP contribution in [0.25, 0.3) is 56.1 Å². The number of fused-ring (bicyclic) bond motifs is 10. The molecule has 7 aromatic rings. The molecule has 0 saturated carbocycles. The molecule has 0 amide bonds. The highest BCUT2D eigenvalue weighted by atomic mass is 16.3. The van der Waals surface area contributed by atoms with Crippen molar-refractivity contribution in [1.82, 2.24) is 0 Å². The van der Waals surface area contributed by atoms with E-state index in [2.05, 4.69) is 170 Å². The third-order valence-electron chi connectivity index (χ3n) is 9.85. The lowest BCUT2D eigenvalue weighted by atomic mass is 9.79. The number of hydrogen-bond donors (Lipinski definition) is 0. The summed E-state index contributed by atoms with van der Waals surface area (Å²) in [5.41, 5.74) is 13.1. The lowest BCUT2D eigenvalue weighted by Gasteiger charge is -2.27. The van der Waals surface area contributed by atoms with Crippen molar-refractivity contribution in [2.45, 2.75) is 25.7 Å². The van der Waals surface area contributed by atoms with E-state index in [4.69, 9.17) is 4.42 Å². The second kappa shape index (κ2) is 10.2. The van der Waals surface area contributed by atoms with Crippen LogP contribution in [0.5, 0.6) is 0 Å². The molecular formula is C44H33NO. The van der Waals surface area contributed by atoms with Crippen LogP contribution in [0.1, 0.15) is 42.7 Å². The molecule has 46 heavy (non-hydrogen) atoms. The summed E-state index contributed by atoms with van der Waals surface area (Å²) in [6.07, 6.45) is 7.61. The molecule has 0 radical (unpaired) electrons. The van der Waals surface area contributed by atoms with Crippen LogP contribution in [-0.4, -0.2) is 0 Å². The van der Waals surface area contributed by atoms with Gasteiger partial charge in [-0.25, -0.2) is 0 Å². The lowest BCUT2D eigenvalue weighted by molar-refractivity contribution is 0.602. The van der Waals surface area contributed by atoms with Crippen LogP contribution in [0.4, 0.5) is 11.4 Å². The Bertz CT molecular complexity index is 2340. The first-order valence-corrected chi connectivity index (χ1v) is 16.1. The van der Waals surface area contributed by atoms with Gasteiger partial charge >= 0.3 is 0 Å². The molecular weight excluding hydrogens is 558 g/mol. The quantitative estimate of drug-likeness (QED) is 0.202. The van der Waals surface area contributed by atoms with Gasteiger partial charge in [0.2, 0.25) is 0 Å². The summed E-state index contributed by atoms with van der Waals surface area (Å²) in [6.45, 7) is 4.70. The zero-order valence-corrected chi connectivity index (χ0v) is 26.0. The van der Waals surface area contributed by atoms with Gasteiger partial charge < -0.3 is 9.32 Å². The van der Waals surface area contributed by atoms with Gasteiger partial charge in [0.25, 0.3) is 0 Å². The topological polar surface area (TPSA) is 16.4 Å². The third kappa shape index (κ3) is 3.96. The van der Waals surface area contributed by atoms with E-state index in [9.17, 15) is 0 Å². The highest BCUT2D eigenvalue weighted by molar-refractivity contribution is 6.19. The van der Waals surface area contributed by atoms with E-state index in [1.807, 2.05) is 0 Å². The van der Waals surface area contributed by atoms with E-state index in [1.165, 1.54) is 49.5 Å². The summed E-state index contributed by atoms with van der Waals surface area (Å²) >= 11 is 0. The maximum atomic E-state index is 7.05. The molecule has 1 heterocycles. The minimum absolute atomic E-state index is 0.128. The molecule has 9 rings (SSSR count). The summed E-state index contributed by atoms with van der Waals surface area (Å²) < 4.78 is 7.05. The smallest absolute Gasteiger partial charge is 0.144 e. The van der Waals surface area contributed by atoms with Crippen molar-refractivity contribution in [1.29, 1.82) is 0 Å². The van der Waals surface area contributed by atoms with Crippen LogP contribution in [0, 0.1) is 0 Å². The Kier molecular flexibility index (Phi) is 5.95. The molecule has 0 unspecified atom stereocenters. The molecule has 0 fully saturated rings. The highest BCUT2D eigenvalue weighted by Crippen LogP contribution is 2.56. The maximum absolute atomic E-state index is 7.05. The largest absolute Gasteiger partial charge is 0.455 e. The van der Waals surface area contributed by atoms with Gasteiger partial charge in [-0.15, -0.1) is 0 Å². The van der Waals surface area contributed by atoms with E-state index in [-0.39, 0.29) is 5.41 Å². The number of furan rings is 1. The fourth-order valence-electron chi connectivity index (χ4n) is 7.79. The number of allylic oxidation sites excluding steroid dienone is 1. The molecule has 6 aromatic carbocycles. The zero-order valence-electron chi connectivity index (χ0n) is 26.0. The SMILES string of the molecule is CC1(C)c2ccccc2-c2c1c1ccccc1c1c3c(oc21)C=C(N(c1ccccc1)c1ccc(-c2ccccc2)cc1)CC=C3. The minimum Gasteiger partial charge on any atom is -0.455 e. The second-order valence-electron chi connectivity index (χ2n) is 12.9. The third-order valence-corrected chi connectivity index (χ3v) is 9.85. The van der Waals surface area contributed by atoms with Crippen LogP contribution in [-0.2, 0) is 5.41 Å². The van der Waals surface area contributed by atoms with Crippen molar-refractivity contribution in [2.24, 2.45) is 0 Å². The molecule has 2 heteroatoms. The van der Waals surface area contributed by atoms with Crippen LogP contribution in [0.2, 0.25) is 0 Å². The van der Waals surface area contributed by atoms with Crippen LogP contribution >= 0.6 is 0 Å². The van der Waals surface area contributed by atoms with E-state index in [1.54, 1.807) is 0 Å². The van der Waals surface area contributed by atoms with Crippen LogP contribution in [0.15, 0.2) is 150 Å². The molecule has 2 nitrogen and oxygen atoms in total. The van der Waals surface area contributed by atoms with Gasteiger partial charge in [0, 0.05) is 51.5 Å². The van der Waals surface area contributed by atoms with Gasteiger partial charge in [-0.3, -0.25) is 0 Å². The Hall–Kier alpha value is -5.60. The van der Waals surface area contributed by atoms with Gasteiger partial charge in [-0.1, -0.05) is 135 Å². The van der Waals surface area contributed by atoms with E-state index in [0.717, 1.165) is 40.4 Å². The lowest BCUT2D eigenvalue weighted by Crippen LogP contribution is -2.15.